The van der Waals surface area contributed by atoms with Gasteiger partial charge in [-0.15, -0.1) is 0 Å². The van der Waals surface area contributed by atoms with Crippen LogP contribution in [0.4, 0.5) is 26.3 Å². The highest BCUT2D eigenvalue weighted by Gasteiger charge is 2.41. The first kappa shape index (κ1) is 40.8. The summed E-state index contributed by atoms with van der Waals surface area (Å²) in [6, 6.07) is 34.5. The molecule has 3 atom stereocenters. The molecular formula is C50H32F6N4. The predicted octanol–water partition coefficient (Wildman–Crippen LogP) is 13.2. The minimum absolute atomic E-state index is 0.0271. The van der Waals surface area contributed by atoms with E-state index in [1.807, 2.05) is 73.7 Å². The van der Waals surface area contributed by atoms with Gasteiger partial charge in [0.15, 0.2) is 0 Å². The molecule has 0 aromatic heterocycles. The summed E-state index contributed by atoms with van der Waals surface area (Å²) in [5, 5.41) is 39.8. The average Bonchev–Trinajstić information content (AvgIpc) is 3.59. The Hall–Kier alpha value is -7.40. The van der Waals surface area contributed by atoms with Crippen molar-refractivity contribution in [1.29, 1.82) is 21.0 Å². The largest absolute Gasteiger partial charge is 0.416 e. The SMILES string of the molecule is CC1CC(C#N)=CC=C1c1ccc(C2=C(C3C=CC(C(F)(F)F)=CC3C)C(=C(C#N)C#N)C(c3ccc(C(F)(F)F)cc3)=C2c2ccc(-c3ccc(C#N)cc3)cc2)cc1. The number of benzene rings is 4. The van der Waals surface area contributed by atoms with Crippen LogP contribution in [0.15, 0.2) is 155 Å². The van der Waals surface area contributed by atoms with Crippen LogP contribution >= 0.6 is 0 Å². The van der Waals surface area contributed by atoms with Crippen LogP contribution in [0.25, 0.3) is 33.4 Å². The van der Waals surface area contributed by atoms with E-state index in [-0.39, 0.29) is 28.2 Å². The molecule has 0 N–H and O–H groups in total. The fourth-order valence-corrected chi connectivity index (χ4v) is 8.17. The van der Waals surface area contributed by atoms with Gasteiger partial charge in [-0.05, 0) is 110 Å². The molecule has 294 valence electrons. The zero-order valence-corrected chi connectivity index (χ0v) is 32.1. The normalized spacial score (nSPS) is 19.1. The first-order valence-corrected chi connectivity index (χ1v) is 18.9. The standard InChI is InChI=1S/C50H32F6N4/c1-29-23-32(26-58)5-21-42(29)35-10-14-37(15-11-35)46-44(36-12-8-34(9-13-36)33-6-3-31(25-57)4-7-33)45(38-16-18-40(19-17-38)49(51,52)53)47(39(27-59)28-60)48(46)43-22-20-41(24-30(43)2)50(54,55)56/h3-22,24,29-30,43H,23H2,1-2H3. The molecule has 0 fully saturated rings. The molecule has 4 aromatic rings. The second kappa shape index (κ2) is 16.1. The first-order valence-electron chi connectivity index (χ1n) is 18.9. The Morgan fingerprint density at radius 3 is 1.60 bits per heavy atom. The topological polar surface area (TPSA) is 95.2 Å². The molecule has 0 saturated carbocycles. The van der Waals surface area contributed by atoms with Crippen LogP contribution in [0.1, 0.15) is 53.6 Å². The van der Waals surface area contributed by atoms with Crippen molar-refractivity contribution in [2.24, 2.45) is 17.8 Å². The van der Waals surface area contributed by atoms with Gasteiger partial charge in [-0.25, -0.2) is 0 Å². The second-order valence-electron chi connectivity index (χ2n) is 14.8. The lowest BCUT2D eigenvalue weighted by atomic mass is 9.75. The molecule has 7 rings (SSSR count). The minimum atomic E-state index is -4.66. The lowest BCUT2D eigenvalue weighted by molar-refractivity contribution is -0.137. The van der Waals surface area contributed by atoms with Gasteiger partial charge in [0.1, 0.15) is 17.7 Å². The van der Waals surface area contributed by atoms with Crippen molar-refractivity contribution in [3.8, 4) is 35.4 Å². The summed E-state index contributed by atoms with van der Waals surface area (Å²) in [4.78, 5) is 0. The molecule has 0 radical (unpaired) electrons. The number of nitrogens with zero attached hydrogens (tertiary/aromatic N) is 4. The Labute approximate surface area is 343 Å². The molecule has 4 nitrogen and oxygen atoms in total. The lowest BCUT2D eigenvalue weighted by Gasteiger charge is -2.28. The summed E-state index contributed by atoms with van der Waals surface area (Å²) in [6.07, 6.45) is -1.56. The van der Waals surface area contributed by atoms with Crippen LogP contribution in [-0.4, -0.2) is 6.18 Å². The Bertz CT molecular complexity index is 2760. The number of hydrogen-bond donors (Lipinski definition) is 0. The molecule has 3 unspecified atom stereocenters. The van der Waals surface area contributed by atoms with E-state index in [1.54, 1.807) is 37.3 Å². The maximum Gasteiger partial charge on any atom is 0.416 e. The van der Waals surface area contributed by atoms with Crippen molar-refractivity contribution < 1.29 is 26.3 Å². The lowest BCUT2D eigenvalue weighted by Crippen LogP contribution is -2.20. The molecule has 60 heavy (non-hydrogen) atoms. The Balaban J connectivity index is 1.53. The van der Waals surface area contributed by atoms with Gasteiger partial charge >= 0.3 is 12.4 Å². The van der Waals surface area contributed by atoms with Crippen molar-refractivity contribution in [3.05, 3.63) is 189 Å². The van der Waals surface area contributed by atoms with E-state index >= 15 is 0 Å². The van der Waals surface area contributed by atoms with Gasteiger partial charge in [-0.1, -0.05) is 111 Å². The number of alkyl halides is 6. The third kappa shape index (κ3) is 7.77. The minimum Gasteiger partial charge on any atom is -0.193 e. The number of nitriles is 4. The zero-order valence-electron chi connectivity index (χ0n) is 32.1. The van der Waals surface area contributed by atoms with Gasteiger partial charge < -0.3 is 0 Å². The van der Waals surface area contributed by atoms with Crippen LogP contribution < -0.4 is 0 Å². The van der Waals surface area contributed by atoms with Gasteiger partial charge in [0.25, 0.3) is 0 Å². The molecule has 0 saturated heterocycles. The summed E-state index contributed by atoms with van der Waals surface area (Å²) in [5.41, 5.74) is 5.66. The molecule has 10 heteroatoms. The third-order valence-electron chi connectivity index (χ3n) is 11.1. The highest BCUT2D eigenvalue weighted by molar-refractivity contribution is 6.26. The van der Waals surface area contributed by atoms with Gasteiger partial charge in [-0.3, -0.25) is 0 Å². The predicted molar refractivity (Wildman–Crippen MR) is 218 cm³/mol. The van der Waals surface area contributed by atoms with Crippen molar-refractivity contribution in [2.45, 2.75) is 32.6 Å². The zero-order chi connectivity index (χ0) is 42.9. The summed E-state index contributed by atoms with van der Waals surface area (Å²) in [6.45, 7) is 3.63. The quantitative estimate of drug-likeness (QED) is 0.143. The van der Waals surface area contributed by atoms with E-state index in [0.29, 0.717) is 45.4 Å². The van der Waals surface area contributed by atoms with Crippen LogP contribution in [0.3, 0.4) is 0 Å². The summed E-state index contributed by atoms with van der Waals surface area (Å²) >= 11 is 0. The highest BCUT2D eigenvalue weighted by atomic mass is 19.4. The maximum absolute atomic E-state index is 14.1. The summed E-state index contributed by atoms with van der Waals surface area (Å²) < 4.78 is 83.9. The van der Waals surface area contributed by atoms with Gasteiger partial charge in [-0.2, -0.15) is 47.4 Å². The third-order valence-corrected chi connectivity index (χ3v) is 11.1. The Kier molecular flexibility index (Phi) is 10.9. The van der Waals surface area contributed by atoms with Crippen LogP contribution in [-0.2, 0) is 6.18 Å². The van der Waals surface area contributed by atoms with Crippen LogP contribution in [0.5, 0.6) is 0 Å². The van der Waals surface area contributed by atoms with E-state index in [2.05, 4.69) is 12.1 Å². The number of hydrogen-bond acceptors (Lipinski definition) is 4. The monoisotopic (exact) mass is 802 g/mol. The maximum atomic E-state index is 14.1. The van der Waals surface area contributed by atoms with Crippen molar-refractivity contribution >= 4 is 22.3 Å². The van der Waals surface area contributed by atoms with Crippen LogP contribution in [0.2, 0.25) is 0 Å². The van der Waals surface area contributed by atoms with Gasteiger partial charge in [0, 0.05) is 17.1 Å². The average molecular weight is 803 g/mol. The molecule has 0 spiro atoms. The Morgan fingerprint density at radius 2 is 1.10 bits per heavy atom. The molecular weight excluding hydrogens is 771 g/mol. The number of halogens is 6. The van der Waals surface area contributed by atoms with E-state index < -0.39 is 35.3 Å². The van der Waals surface area contributed by atoms with E-state index in [0.717, 1.165) is 46.5 Å². The smallest absolute Gasteiger partial charge is 0.193 e. The first-order chi connectivity index (χ1) is 28.7. The fourth-order valence-electron chi connectivity index (χ4n) is 8.17. The highest BCUT2D eigenvalue weighted by Crippen LogP contribution is 2.57. The van der Waals surface area contributed by atoms with Crippen molar-refractivity contribution in [1.82, 2.24) is 0 Å². The molecule has 0 bridgehead atoms. The number of allylic oxidation sites excluding steroid dienone is 14. The second-order valence-corrected chi connectivity index (χ2v) is 14.8. The van der Waals surface area contributed by atoms with Gasteiger partial charge in [0.05, 0.1) is 28.8 Å². The number of rotatable bonds is 6. The van der Waals surface area contributed by atoms with Gasteiger partial charge in [0.2, 0.25) is 0 Å². The van der Waals surface area contributed by atoms with Crippen LogP contribution in [0, 0.1) is 63.1 Å². The molecule has 0 heterocycles. The molecule has 0 amide bonds. The van der Waals surface area contributed by atoms with Crippen molar-refractivity contribution in [3.63, 3.8) is 0 Å². The summed E-state index contributed by atoms with van der Waals surface area (Å²) in [5.74, 6) is -1.59. The molecule has 3 aliphatic carbocycles. The molecule has 4 aromatic carbocycles. The molecule has 3 aliphatic rings. The Morgan fingerprint density at radius 1 is 0.583 bits per heavy atom. The van der Waals surface area contributed by atoms with E-state index in [9.17, 15) is 47.4 Å². The molecule has 0 aliphatic heterocycles. The van der Waals surface area contributed by atoms with E-state index in [4.69, 9.17) is 0 Å². The fraction of sp³-hybridized carbons (Fsp3) is 0.160. The van der Waals surface area contributed by atoms with E-state index in [1.165, 1.54) is 18.2 Å². The summed E-state index contributed by atoms with van der Waals surface area (Å²) in [7, 11) is 0. The van der Waals surface area contributed by atoms with Crippen molar-refractivity contribution in [2.75, 3.05) is 0 Å².